The van der Waals surface area contributed by atoms with Gasteiger partial charge in [0.05, 0.1) is 0 Å². The number of nitrogens with zero attached hydrogens (tertiary/aromatic N) is 1. The average Bonchev–Trinajstić information content (AvgIpc) is 2.35. The van der Waals surface area contributed by atoms with Crippen molar-refractivity contribution >= 4 is 21.7 Å². The molecule has 17 heavy (non-hydrogen) atoms. The first-order chi connectivity index (χ1) is 8.28. The third-order valence-electron chi connectivity index (χ3n) is 2.72. The maximum absolute atomic E-state index is 11.4. The first-order valence-electron chi connectivity index (χ1n) is 5.15. The number of benzene rings is 2. The summed E-state index contributed by atoms with van der Waals surface area (Å²) in [6, 6.07) is 14.9. The predicted octanol–water partition coefficient (Wildman–Crippen LogP) is 2.82. The fourth-order valence-electron chi connectivity index (χ4n) is 1.89. The lowest BCUT2D eigenvalue weighted by Crippen LogP contribution is -2.02. The van der Waals surface area contributed by atoms with Crippen LogP contribution in [0.25, 0.3) is 21.7 Å². The number of nitriles is 1. The fraction of sp³-hybridized carbons (Fsp3) is 0. The number of hydrogen-bond donors (Lipinski definition) is 0. The molecule has 3 heteroatoms. The normalized spacial score (nSPS) is 10.5. The van der Waals surface area contributed by atoms with Gasteiger partial charge in [0, 0.05) is 5.39 Å². The Balaban J connectivity index is 2.49. The maximum atomic E-state index is 11.4. The van der Waals surface area contributed by atoms with Gasteiger partial charge < -0.3 is 4.42 Å². The standard InChI is InChI=1S/C14H7NO2/c15-8-12-6-11-5-9-3-1-2-4-10(9)7-13(11)17-14(12)16/h1-7H. The van der Waals surface area contributed by atoms with Gasteiger partial charge in [-0.05, 0) is 29.0 Å². The molecule has 0 saturated carbocycles. The summed E-state index contributed by atoms with van der Waals surface area (Å²) >= 11 is 0. The van der Waals surface area contributed by atoms with Crippen LogP contribution in [0.4, 0.5) is 0 Å². The zero-order valence-electron chi connectivity index (χ0n) is 8.81. The summed E-state index contributed by atoms with van der Waals surface area (Å²) in [4.78, 5) is 11.4. The number of hydrogen-bond acceptors (Lipinski definition) is 3. The minimum Gasteiger partial charge on any atom is -0.422 e. The van der Waals surface area contributed by atoms with E-state index in [9.17, 15) is 4.79 Å². The first kappa shape index (κ1) is 9.61. The van der Waals surface area contributed by atoms with E-state index in [2.05, 4.69) is 0 Å². The van der Waals surface area contributed by atoms with Gasteiger partial charge in [-0.25, -0.2) is 4.79 Å². The lowest BCUT2D eigenvalue weighted by molar-refractivity contribution is 0.559. The van der Waals surface area contributed by atoms with Crippen LogP contribution in [0, 0.1) is 11.3 Å². The van der Waals surface area contributed by atoms with Gasteiger partial charge in [0.1, 0.15) is 17.2 Å². The van der Waals surface area contributed by atoms with E-state index < -0.39 is 5.63 Å². The second-order valence-corrected chi connectivity index (χ2v) is 3.80. The Hall–Kier alpha value is -2.60. The maximum Gasteiger partial charge on any atom is 0.354 e. The molecule has 0 atom stereocenters. The van der Waals surface area contributed by atoms with Crippen molar-refractivity contribution in [1.29, 1.82) is 5.26 Å². The molecule has 0 spiro atoms. The van der Waals surface area contributed by atoms with Crippen molar-refractivity contribution < 1.29 is 4.42 Å². The van der Waals surface area contributed by atoms with Crippen LogP contribution in [0.1, 0.15) is 5.56 Å². The van der Waals surface area contributed by atoms with Crippen molar-refractivity contribution in [2.24, 2.45) is 0 Å². The summed E-state index contributed by atoms with van der Waals surface area (Å²) in [5, 5.41) is 11.6. The van der Waals surface area contributed by atoms with Crippen molar-refractivity contribution in [3.8, 4) is 6.07 Å². The molecule has 0 radical (unpaired) electrons. The van der Waals surface area contributed by atoms with E-state index >= 15 is 0 Å². The van der Waals surface area contributed by atoms with Crippen LogP contribution in [-0.2, 0) is 0 Å². The molecular formula is C14H7NO2. The van der Waals surface area contributed by atoms with Gasteiger partial charge in [0.2, 0.25) is 0 Å². The van der Waals surface area contributed by atoms with Crippen LogP contribution in [0.2, 0.25) is 0 Å². The van der Waals surface area contributed by atoms with Crippen LogP contribution in [0.3, 0.4) is 0 Å². The molecule has 3 aromatic rings. The summed E-state index contributed by atoms with van der Waals surface area (Å²) in [6.07, 6.45) is 0. The molecule has 0 aliphatic carbocycles. The molecule has 0 amide bonds. The van der Waals surface area contributed by atoms with E-state index in [0.29, 0.717) is 5.58 Å². The predicted molar refractivity (Wildman–Crippen MR) is 64.7 cm³/mol. The monoisotopic (exact) mass is 221 g/mol. The minimum absolute atomic E-state index is 0.0350. The van der Waals surface area contributed by atoms with Crippen molar-refractivity contribution in [3.63, 3.8) is 0 Å². The molecule has 3 rings (SSSR count). The van der Waals surface area contributed by atoms with Crippen LogP contribution in [0.5, 0.6) is 0 Å². The Bertz CT molecular complexity index is 825. The Morgan fingerprint density at radius 1 is 1.00 bits per heavy atom. The Morgan fingerprint density at radius 3 is 2.41 bits per heavy atom. The number of rotatable bonds is 0. The topological polar surface area (TPSA) is 54.0 Å². The minimum atomic E-state index is -0.588. The quantitative estimate of drug-likeness (QED) is 0.433. The van der Waals surface area contributed by atoms with Gasteiger partial charge in [0.15, 0.2) is 0 Å². The zero-order chi connectivity index (χ0) is 11.8. The highest BCUT2D eigenvalue weighted by molar-refractivity contribution is 5.95. The fourth-order valence-corrected chi connectivity index (χ4v) is 1.89. The van der Waals surface area contributed by atoms with E-state index in [1.807, 2.05) is 42.5 Å². The molecule has 0 saturated heterocycles. The first-order valence-corrected chi connectivity index (χ1v) is 5.15. The SMILES string of the molecule is N#Cc1cc2cc3ccccc3cc2oc1=O. The molecule has 0 aliphatic rings. The van der Waals surface area contributed by atoms with Crippen molar-refractivity contribution in [1.82, 2.24) is 0 Å². The summed E-state index contributed by atoms with van der Waals surface area (Å²) in [5.74, 6) is 0. The summed E-state index contributed by atoms with van der Waals surface area (Å²) in [5.41, 5.74) is -0.0456. The second kappa shape index (κ2) is 3.46. The smallest absolute Gasteiger partial charge is 0.354 e. The molecule has 0 aliphatic heterocycles. The highest BCUT2D eigenvalue weighted by atomic mass is 16.4. The third kappa shape index (κ3) is 1.47. The Kier molecular flexibility index (Phi) is 1.96. The van der Waals surface area contributed by atoms with E-state index in [-0.39, 0.29) is 5.56 Å². The van der Waals surface area contributed by atoms with Gasteiger partial charge in [0.25, 0.3) is 0 Å². The van der Waals surface area contributed by atoms with Crippen molar-refractivity contribution in [2.75, 3.05) is 0 Å². The van der Waals surface area contributed by atoms with Crippen LogP contribution in [0.15, 0.2) is 51.7 Å². The molecule has 0 unspecified atom stereocenters. The summed E-state index contributed by atoms with van der Waals surface area (Å²) in [7, 11) is 0. The molecule has 1 aromatic heterocycles. The highest BCUT2D eigenvalue weighted by Crippen LogP contribution is 2.22. The van der Waals surface area contributed by atoms with Gasteiger partial charge in [-0.1, -0.05) is 24.3 Å². The van der Waals surface area contributed by atoms with Crippen LogP contribution < -0.4 is 5.63 Å². The van der Waals surface area contributed by atoms with E-state index in [1.54, 1.807) is 6.07 Å². The Labute approximate surface area is 96.5 Å². The third-order valence-corrected chi connectivity index (χ3v) is 2.72. The highest BCUT2D eigenvalue weighted by Gasteiger charge is 2.05. The summed E-state index contributed by atoms with van der Waals surface area (Å²) in [6.45, 7) is 0. The van der Waals surface area contributed by atoms with E-state index in [0.717, 1.165) is 16.2 Å². The van der Waals surface area contributed by atoms with Gasteiger partial charge in [-0.3, -0.25) is 0 Å². The van der Waals surface area contributed by atoms with Gasteiger partial charge in [-0.15, -0.1) is 0 Å². The molecule has 0 N–H and O–H groups in total. The molecule has 3 nitrogen and oxygen atoms in total. The molecule has 0 fully saturated rings. The molecular weight excluding hydrogens is 214 g/mol. The largest absolute Gasteiger partial charge is 0.422 e. The molecule has 0 bridgehead atoms. The number of fused-ring (bicyclic) bond motifs is 2. The second-order valence-electron chi connectivity index (χ2n) is 3.80. The van der Waals surface area contributed by atoms with Gasteiger partial charge in [-0.2, -0.15) is 5.26 Å². The molecule has 80 valence electrons. The average molecular weight is 221 g/mol. The lowest BCUT2D eigenvalue weighted by Gasteiger charge is -2.00. The van der Waals surface area contributed by atoms with Crippen molar-refractivity contribution in [2.45, 2.75) is 0 Å². The molecule has 1 heterocycles. The lowest BCUT2D eigenvalue weighted by atomic mass is 10.1. The van der Waals surface area contributed by atoms with Gasteiger partial charge >= 0.3 is 5.63 Å². The van der Waals surface area contributed by atoms with Crippen LogP contribution in [-0.4, -0.2) is 0 Å². The molecule has 2 aromatic carbocycles. The van der Waals surface area contributed by atoms with Crippen LogP contribution >= 0.6 is 0 Å². The Morgan fingerprint density at radius 2 is 1.71 bits per heavy atom. The van der Waals surface area contributed by atoms with E-state index in [4.69, 9.17) is 9.68 Å². The van der Waals surface area contributed by atoms with E-state index in [1.165, 1.54) is 0 Å². The summed E-state index contributed by atoms with van der Waals surface area (Å²) < 4.78 is 5.11. The zero-order valence-corrected chi connectivity index (χ0v) is 8.81. The van der Waals surface area contributed by atoms with Crippen molar-refractivity contribution in [3.05, 3.63) is 58.4 Å².